The normalized spacial score (nSPS) is 10.6. The fourth-order valence-corrected chi connectivity index (χ4v) is 2.72. The van der Waals surface area contributed by atoms with Crippen molar-refractivity contribution < 1.29 is 23.0 Å². The van der Waals surface area contributed by atoms with E-state index in [1.165, 1.54) is 4.90 Å². The zero-order valence-corrected chi connectivity index (χ0v) is 15.9. The van der Waals surface area contributed by atoms with Gasteiger partial charge < -0.3 is 14.4 Å². The van der Waals surface area contributed by atoms with Crippen molar-refractivity contribution in [3.63, 3.8) is 0 Å². The van der Waals surface area contributed by atoms with Gasteiger partial charge in [0.1, 0.15) is 11.6 Å². The zero-order chi connectivity index (χ0) is 19.8. The highest BCUT2D eigenvalue weighted by Gasteiger charge is 2.20. The van der Waals surface area contributed by atoms with E-state index in [1.807, 2.05) is 19.9 Å². The third kappa shape index (κ3) is 5.42. The Hall–Kier alpha value is -2.63. The average molecular weight is 377 g/mol. The number of ether oxygens (including phenoxy) is 2. The lowest BCUT2D eigenvalue weighted by Gasteiger charge is -2.23. The first-order chi connectivity index (χ1) is 13.0. The monoisotopic (exact) mass is 377 g/mol. The van der Waals surface area contributed by atoms with Crippen LogP contribution in [-0.2, 0) is 6.54 Å². The molecule has 0 N–H and O–H groups in total. The molecule has 4 nitrogen and oxygen atoms in total. The molecule has 0 fully saturated rings. The van der Waals surface area contributed by atoms with Crippen LogP contribution in [0.5, 0.6) is 11.5 Å². The number of hydrogen-bond donors (Lipinski definition) is 0. The van der Waals surface area contributed by atoms with Crippen molar-refractivity contribution in [2.24, 2.45) is 0 Å². The SMILES string of the molecule is CCCOc1ccc(CN(CCC)C(=O)c2cc(F)ccc2F)cc1OC. The molecule has 0 radical (unpaired) electrons. The highest BCUT2D eigenvalue weighted by atomic mass is 19.1. The van der Waals surface area contributed by atoms with Gasteiger partial charge in [-0.1, -0.05) is 19.9 Å². The van der Waals surface area contributed by atoms with Crippen LogP contribution in [-0.4, -0.2) is 31.1 Å². The van der Waals surface area contributed by atoms with E-state index in [0.29, 0.717) is 31.1 Å². The molecule has 146 valence electrons. The van der Waals surface area contributed by atoms with Crippen LogP contribution in [0.1, 0.15) is 42.6 Å². The van der Waals surface area contributed by atoms with Gasteiger partial charge in [0.25, 0.3) is 5.91 Å². The highest BCUT2D eigenvalue weighted by molar-refractivity contribution is 5.94. The molecule has 2 aromatic carbocycles. The molecule has 0 aliphatic rings. The lowest BCUT2D eigenvalue weighted by Crippen LogP contribution is -2.32. The fourth-order valence-electron chi connectivity index (χ4n) is 2.72. The smallest absolute Gasteiger partial charge is 0.257 e. The first kappa shape index (κ1) is 20.7. The highest BCUT2D eigenvalue weighted by Crippen LogP contribution is 2.29. The number of halogens is 2. The second-order valence-corrected chi connectivity index (χ2v) is 6.18. The van der Waals surface area contributed by atoms with Crippen molar-refractivity contribution in [2.45, 2.75) is 33.2 Å². The van der Waals surface area contributed by atoms with E-state index in [-0.39, 0.29) is 12.1 Å². The van der Waals surface area contributed by atoms with Crippen LogP contribution < -0.4 is 9.47 Å². The molecule has 0 unspecified atom stereocenters. The van der Waals surface area contributed by atoms with Crippen LogP contribution in [0.3, 0.4) is 0 Å². The molecule has 0 aliphatic heterocycles. The fraction of sp³-hybridized carbons (Fsp3) is 0.381. The summed E-state index contributed by atoms with van der Waals surface area (Å²) in [5.41, 5.74) is 0.549. The van der Waals surface area contributed by atoms with E-state index in [1.54, 1.807) is 19.2 Å². The summed E-state index contributed by atoms with van der Waals surface area (Å²) in [6, 6.07) is 8.32. The van der Waals surface area contributed by atoms with Crippen LogP contribution in [0.15, 0.2) is 36.4 Å². The molecular weight excluding hydrogens is 352 g/mol. The number of amides is 1. The summed E-state index contributed by atoms with van der Waals surface area (Å²) in [5, 5.41) is 0. The van der Waals surface area contributed by atoms with Crippen molar-refractivity contribution in [1.82, 2.24) is 4.90 Å². The minimum Gasteiger partial charge on any atom is -0.493 e. The number of benzene rings is 2. The van der Waals surface area contributed by atoms with Crippen molar-refractivity contribution in [3.8, 4) is 11.5 Å². The predicted molar refractivity (Wildman–Crippen MR) is 100 cm³/mol. The summed E-state index contributed by atoms with van der Waals surface area (Å²) >= 11 is 0. The van der Waals surface area contributed by atoms with Gasteiger partial charge in [0.15, 0.2) is 11.5 Å². The van der Waals surface area contributed by atoms with Crippen LogP contribution >= 0.6 is 0 Å². The van der Waals surface area contributed by atoms with Gasteiger partial charge in [-0.3, -0.25) is 4.79 Å². The first-order valence-electron chi connectivity index (χ1n) is 9.04. The number of nitrogens with zero attached hydrogens (tertiary/aromatic N) is 1. The summed E-state index contributed by atoms with van der Waals surface area (Å²) in [6.07, 6.45) is 1.57. The predicted octanol–water partition coefficient (Wildman–Crippen LogP) is 4.81. The minimum atomic E-state index is -0.733. The molecule has 0 bridgehead atoms. The van der Waals surface area contributed by atoms with E-state index >= 15 is 0 Å². The Morgan fingerprint density at radius 1 is 1.04 bits per heavy atom. The van der Waals surface area contributed by atoms with Crippen molar-refractivity contribution >= 4 is 5.91 Å². The minimum absolute atomic E-state index is 0.257. The molecule has 0 saturated heterocycles. The number of rotatable bonds is 9. The van der Waals surface area contributed by atoms with Gasteiger partial charge in [0.05, 0.1) is 19.3 Å². The summed E-state index contributed by atoms with van der Waals surface area (Å²) in [6.45, 7) is 5.19. The quantitative estimate of drug-likeness (QED) is 0.629. The second-order valence-electron chi connectivity index (χ2n) is 6.18. The maximum atomic E-state index is 14.0. The summed E-state index contributed by atoms with van der Waals surface area (Å²) < 4.78 is 38.5. The number of methoxy groups -OCH3 is 1. The Bertz CT molecular complexity index is 780. The molecule has 2 aromatic rings. The molecule has 6 heteroatoms. The zero-order valence-electron chi connectivity index (χ0n) is 15.9. The van der Waals surface area contributed by atoms with Crippen molar-refractivity contribution in [1.29, 1.82) is 0 Å². The van der Waals surface area contributed by atoms with E-state index < -0.39 is 17.5 Å². The Morgan fingerprint density at radius 2 is 1.81 bits per heavy atom. The molecular formula is C21H25F2NO3. The molecule has 0 aliphatic carbocycles. The Balaban J connectivity index is 2.25. The maximum absolute atomic E-state index is 14.0. The summed E-state index contributed by atoms with van der Waals surface area (Å²) in [5.74, 6) is -0.716. The van der Waals surface area contributed by atoms with E-state index in [4.69, 9.17) is 9.47 Å². The third-order valence-electron chi connectivity index (χ3n) is 4.00. The Labute approximate surface area is 158 Å². The van der Waals surface area contributed by atoms with Gasteiger partial charge in [-0.2, -0.15) is 0 Å². The van der Waals surface area contributed by atoms with Crippen LogP contribution in [0.25, 0.3) is 0 Å². The standard InChI is InChI=1S/C21H25F2NO3/c1-4-10-24(21(25)17-13-16(22)7-8-18(17)23)14-15-6-9-19(27-11-5-2)20(12-15)26-3/h6-9,12-13H,4-5,10-11,14H2,1-3H3. The molecule has 0 atom stereocenters. The van der Waals surface area contributed by atoms with Crippen LogP contribution in [0.4, 0.5) is 8.78 Å². The molecule has 0 saturated carbocycles. The Kier molecular flexibility index (Phi) is 7.58. The Morgan fingerprint density at radius 3 is 2.48 bits per heavy atom. The first-order valence-corrected chi connectivity index (χ1v) is 9.04. The number of carbonyl (C=O) groups is 1. The van der Waals surface area contributed by atoms with Gasteiger partial charge in [0.2, 0.25) is 0 Å². The third-order valence-corrected chi connectivity index (χ3v) is 4.00. The van der Waals surface area contributed by atoms with E-state index in [9.17, 15) is 13.6 Å². The van der Waals surface area contributed by atoms with Crippen molar-refractivity contribution in [2.75, 3.05) is 20.3 Å². The van der Waals surface area contributed by atoms with Crippen LogP contribution in [0, 0.1) is 11.6 Å². The van der Waals surface area contributed by atoms with Gasteiger partial charge in [0, 0.05) is 13.1 Å². The topological polar surface area (TPSA) is 38.8 Å². The lowest BCUT2D eigenvalue weighted by atomic mass is 10.1. The number of hydrogen-bond acceptors (Lipinski definition) is 3. The van der Waals surface area contributed by atoms with E-state index in [0.717, 1.165) is 30.2 Å². The molecule has 27 heavy (non-hydrogen) atoms. The van der Waals surface area contributed by atoms with Gasteiger partial charge in [-0.05, 0) is 48.7 Å². The molecule has 0 aromatic heterocycles. The van der Waals surface area contributed by atoms with Gasteiger partial charge in [-0.25, -0.2) is 8.78 Å². The number of carbonyl (C=O) groups excluding carboxylic acids is 1. The largest absolute Gasteiger partial charge is 0.493 e. The molecule has 0 heterocycles. The molecule has 1 amide bonds. The van der Waals surface area contributed by atoms with E-state index in [2.05, 4.69) is 0 Å². The van der Waals surface area contributed by atoms with Crippen LogP contribution in [0.2, 0.25) is 0 Å². The molecule has 0 spiro atoms. The maximum Gasteiger partial charge on any atom is 0.257 e. The summed E-state index contributed by atoms with van der Waals surface area (Å²) in [7, 11) is 1.55. The van der Waals surface area contributed by atoms with Gasteiger partial charge >= 0.3 is 0 Å². The second kappa shape index (κ2) is 9.90. The average Bonchev–Trinajstić information content (AvgIpc) is 2.67. The van der Waals surface area contributed by atoms with Crippen molar-refractivity contribution in [3.05, 3.63) is 59.2 Å². The van der Waals surface area contributed by atoms with Gasteiger partial charge in [-0.15, -0.1) is 0 Å². The lowest BCUT2D eigenvalue weighted by molar-refractivity contribution is 0.0737. The molecule has 2 rings (SSSR count). The summed E-state index contributed by atoms with van der Waals surface area (Å²) in [4.78, 5) is 14.2.